The molecule has 0 spiro atoms. The minimum absolute atomic E-state index is 0.264. The summed E-state index contributed by atoms with van der Waals surface area (Å²) in [4.78, 5) is 9.92. The van der Waals surface area contributed by atoms with Gasteiger partial charge in [-0.15, -0.1) is 0 Å². The van der Waals surface area contributed by atoms with Crippen molar-refractivity contribution in [3.8, 4) is 50.5 Å². The number of fused-ring (bicyclic) bond motifs is 4. The predicted molar refractivity (Wildman–Crippen MR) is 216 cm³/mol. The van der Waals surface area contributed by atoms with Crippen molar-refractivity contribution in [2.24, 2.45) is 0 Å². The predicted octanol–water partition coefficient (Wildman–Crippen LogP) is 13.2. The maximum Gasteiger partial charge on any atom is 0.149 e. The summed E-state index contributed by atoms with van der Waals surface area (Å²) in [6, 6.07) is 49.6. The highest BCUT2D eigenvalue weighted by Crippen LogP contribution is 2.43. The van der Waals surface area contributed by atoms with Crippen LogP contribution in [0.25, 0.3) is 83.4 Å². The summed E-state index contributed by atoms with van der Waals surface area (Å²) in [7, 11) is 0. The van der Waals surface area contributed by atoms with E-state index in [-0.39, 0.29) is 11.8 Å². The summed E-state index contributed by atoms with van der Waals surface area (Å²) in [5.41, 5.74) is 15.4. The molecule has 9 aromatic rings. The van der Waals surface area contributed by atoms with Crippen LogP contribution in [0.2, 0.25) is 0 Å². The second-order valence-corrected chi connectivity index (χ2v) is 14.3. The SMILES string of the molecule is CC(C)c1cc(-c2ccccc2)cc(C(C)C)c1-n1c(-c2cccc3c2oc2cc(-c4ccc(-c5ccccc5)cc4)ccc23)nc2ccncc21. The van der Waals surface area contributed by atoms with Crippen molar-refractivity contribution >= 4 is 33.0 Å². The number of imidazole rings is 1. The minimum Gasteiger partial charge on any atom is -0.455 e. The Morgan fingerprint density at radius 2 is 1.13 bits per heavy atom. The van der Waals surface area contributed by atoms with Crippen LogP contribution >= 0.6 is 0 Å². The first-order chi connectivity index (χ1) is 25.4. The van der Waals surface area contributed by atoms with Crippen LogP contribution in [0.4, 0.5) is 0 Å². The van der Waals surface area contributed by atoms with Gasteiger partial charge in [-0.1, -0.05) is 131 Å². The molecule has 4 nitrogen and oxygen atoms in total. The lowest BCUT2D eigenvalue weighted by molar-refractivity contribution is 0.669. The van der Waals surface area contributed by atoms with Gasteiger partial charge in [-0.2, -0.15) is 0 Å². The van der Waals surface area contributed by atoms with Gasteiger partial charge in [0.25, 0.3) is 0 Å². The van der Waals surface area contributed by atoms with Gasteiger partial charge in [0.15, 0.2) is 0 Å². The largest absolute Gasteiger partial charge is 0.455 e. The van der Waals surface area contributed by atoms with Crippen LogP contribution in [-0.4, -0.2) is 14.5 Å². The smallest absolute Gasteiger partial charge is 0.149 e. The Labute approximate surface area is 304 Å². The van der Waals surface area contributed by atoms with E-state index in [1.807, 2.05) is 24.5 Å². The molecule has 3 heterocycles. The van der Waals surface area contributed by atoms with Gasteiger partial charge in [-0.3, -0.25) is 9.55 Å². The highest BCUT2D eigenvalue weighted by Gasteiger charge is 2.25. The summed E-state index contributed by atoms with van der Waals surface area (Å²) in [5.74, 6) is 1.38. The lowest BCUT2D eigenvalue weighted by atomic mass is 9.88. The fourth-order valence-electron chi connectivity index (χ4n) is 7.59. The summed E-state index contributed by atoms with van der Waals surface area (Å²) in [5, 5.41) is 2.16. The number of benzene rings is 6. The van der Waals surface area contributed by atoms with Gasteiger partial charge in [0, 0.05) is 17.0 Å². The van der Waals surface area contributed by atoms with E-state index in [1.165, 1.54) is 39.1 Å². The first kappa shape index (κ1) is 31.7. The van der Waals surface area contributed by atoms with Crippen LogP contribution in [0.1, 0.15) is 50.7 Å². The Morgan fingerprint density at radius 3 is 1.79 bits per heavy atom. The summed E-state index contributed by atoms with van der Waals surface area (Å²) >= 11 is 0. The lowest BCUT2D eigenvalue weighted by Crippen LogP contribution is -2.09. The lowest BCUT2D eigenvalue weighted by Gasteiger charge is -2.24. The maximum atomic E-state index is 6.84. The molecular formula is C48H39N3O. The molecule has 9 rings (SSSR count). The van der Waals surface area contributed by atoms with Crippen molar-refractivity contribution in [1.29, 1.82) is 0 Å². The third kappa shape index (κ3) is 5.39. The first-order valence-corrected chi connectivity index (χ1v) is 18.1. The molecule has 0 bridgehead atoms. The maximum absolute atomic E-state index is 6.84. The Balaban J connectivity index is 1.23. The van der Waals surface area contributed by atoms with E-state index in [9.17, 15) is 0 Å². The minimum atomic E-state index is 0.264. The van der Waals surface area contributed by atoms with Crippen molar-refractivity contribution in [1.82, 2.24) is 14.5 Å². The zero-order valence-corrected chi connectivity index (χ0v) is 29.8. The van der Waals surface area contributed by atoms with Crippen LogP contribution in [-0.2, 0) is 0 Å². The molecule has 6 aromatic carbocycles. The number of hydrogen-bond acceptors (Lipinski definition) is 3. The number of furan rings is 1. The van der Waals surface area contributed by atoms with Crippen molar-refractivity contribution in [3.05, 3.63) is 163 Å². The number of para-hydroxylation sites is 1. The quantitative estimate of drug-likeness (QED) is 0.169. The monoisotopic (exact) mass is 673 g/mol. The molecule has 3 aromatic heterocycles. The third-order valence-electron chi connectivity index (χ3n) is 10.3. The van der Waals surface area contributed by atoms with Crippen molar-refractivity contribution in [2.45, 2.75) is 39.5 Å². The fourth-order valence-corrected chi connectivity index (χ4v) is 7.59. The van der Waals surface area contributed by atoms with Gasteiger partial charge in [-0.25, -0.2) is 4.98 Å². The Morgan fingerprint density at radius 1 is 0.538 bits per heavy atom. The number of aromatic nitrogens is 3. The number of hydrogen-bond donors (Lipinski definition) is 0. The fraction of sp³-hybridized carbons (Fsp3) is 0.125. The van der Waals surface area contributed by atoms with E-state index in [0.29, 0.717) is 0 Å². The van der Waals surface area contributed by atoms with Crippen LogP contribution in [0.15, 0.2) is 156 Å². The van der Waals surface area contributed by atoms with Gasteiger partial charge in [0.05, 0.1) is 28.5 Å². The molecule has 252 valence electrons. The van der Waals surface area contributed by atoms with Gasteiger partial charge in [0.2, 0.25) is 0 Å². The Kier molecular flexibility index (Phi) is 7.81. The molecule has 0 fully saturated rings. The highest BCUT2D eigenvalue weighted by molar-refractivity contribution is 6.10. The van der Waals surface area contributed by atoms with Crippen LogP contribution < -0.4 is 0 Å². The van der Waals surface area contributed by atoms with E-state index in [2.05, 4.69) is 165 Å². The van der Waals surface area contributed by atoms with Gasteiger partial charge in [0.1, 0.15) is 17.0 Å². The molecule has 0 aliphatic carbocycles. The van der Waals surface area contributed by atoms with Crippen molar-refractivity contribution < 1.29 is 4.42 Å². The average Bonchev–Trinajstić information content (AvgIpc) is 3.76. The summed E-state index contributed by atoms with van der Waals surface area (Å²) in [6.07, 6.45) is 3.77. The second-order valence-electron chi connectivity index (χ2n) is 14.3. The topological polar surface area (TPSA) is 43.9 Å². The molecular weight excluding hydrogens is 635 g/mol. The second kappa shape index (κ2) is 12.8. The van der Waals surface area contributed by atoms with E-state index >= 15 is 0 Å². The molecule has 0 radical (unpaired) electrons. The first-order valence-electron chi connectivity index (χ1n) is 18.1. The van der Waals surface area contributed by atoms with Gasteiger partial charge in [-0.05, 0) is 92.7 Å². The molecule has 0 saturated heterocycles. The number of pyridine rings is 1. The summed E-state index contributed by atoms with van der Waals surface area (Å²) < 4.78 is 9.18. The van der Waals surface area contributed by atoms with E-state index < -0.39 is 0 Å². The molecule has 52 heavy (non-hydrogen) atoms. The molecule has 0 saturated carbocycles. The molecule has 0 atom stereocenters. The van der Waals surface area contributed by atoms with Crippen LogP contribution in [0, 0.1) is 0 Å². The van der Waals surface area contributed by atoms with Gasteiger partial charge >= 0.3 is 0 Å². The van der Waals surface area contributed by atoms with E-state index in [1.54, 1.807) is 0 Å². The third-order valence-corrected chi connectivity index (χ3v) is 10.3. The standard InChI is InChI=1S/C48H39N3O/c1-30(2)41-26-37(33-14-9-6-10-15-33)27-42(31(3)4)46(41)51-44-29-49-25-24-43(44)50-48(51)40-17-11-16-39-38-23-22-36(28-45(38)52-47(39)40)35-20-18-34(19-21-35)32-12-7-5-8-13-32/h5-31H,1-4H3. The van der Waals surface area contributed by atoms with E-state index in [0.717, 1.165) is 55.5 Å². The van der Waals surface area contributed by atoms with Gasteiger partial charge < -0.3 is 4.42 Å². The van der Waals surface area contributed by atoms with Crippen LogP contribution in [0.3, 0.4) is 0 Å². The molecule has 0 aliphatic rings. The van der Waals surface area contributed by atoms with Crippen molar-refractivity contribution in [3.63, 3.8) is 0 Å². The molecule has 0 N–H and O–H groups in total. The zero-order valence-electron chi connectivity index (χ0n) is 29.8. The summed E-state index contributed by atoms with van der Waals surface area (Å²) in [6.45, 7) is 9.12. The van der Waals surface area contributed by atoms with Crippen molar-refractivity contribution in [2.75, 3.05) is 0 Å². The molecule has 0 aliphatic heterocycles. The van der Waals surface area contributed by atoms with E-state index in [4.69, 9.17) is 9.40 Å². The number of rotatable bonds is 7. The number of nitrogens with zero attached hydrogens (tertiary/aromatic N) is 3. The molecule has 0 unspecified atom stereocenters. The zero-order chi connectivity index (χ0) is 35.3. The average molecular weight is 674 g/mol. The Bertz CT molecular complexity index is 2690. The molecule has 0 amide bonds. The Hall–Kier alpha value is -6.26. The highest BCUT2D eigenvalue weighted by atomic mass is 16.3. The normalized spacial score (nSPS) is 11.8. The van der Waals surface area contributed by atoms with Crippen LogP contribution in [0.5, 0.6) is 0 Å². The molecule has 4 heteroatoms.